The molecule has 0 aromatic carbocycles. The average molecular weight is 177 g/mol. The highest BCUT2D eigenvalue weighted by Gasteiger charge is 2.31. The van der Waals surface area contributed by atoms with E-state index in [2.05, 4.69) is 0 Å². The number of aryl methyl sites for hydroxylation is 1. The third-order valence-electron chi connectivity index (χ3n) is 1.51. The molecule has 0 fully saturated rings. The smallest absolute Gasteiger partial charge is 0.286 e. The zero-order chi connectivity index (χ0) is 8.48. The Morgan fingerprint density at radius 3 is 2.55 bits per heavy atom. The molecule has 0 saturated heterocycles. The van der Waals surface area contributed by atoms with Crippen LogP contribution in [-0.4, -0.2) is 6.54 Å². The first kappa shape index (κ1) is 8.62. The van der Waals surface area contributed by atoms with Crippen molar-refractivity contribution in [3.8, 4) is 0 Å². The molecular weight excluding hydrogens is 168 g/mol. The van der Waals surface area contributed by atoms with Crippen molar-refractivity contribution in [3.05, 3.63) is 21.9 Å². The molecule has 0 amide bonds. The Balaban J connectivity index is 3.00. The number of hydrogen-bond donors (Lipinski definition) is 1. The minimum absolute atomic E-state index is 0.0602. The van der Waals surface area contributed by atoms with Crippen LogP contribution in [0.5, 0.6) is 0 Å². The van der Waals surface area contributed by atoms with Crippen molar-refractivity contribution in [2.45, 2.75) is 12.8 Å². The van der Waals surface area contributed by atoms with Crippen LogP contribution in [0.1, 0.15) is 11.1 Å². The summed E-state index contributed by atoms with van der Waals surface area (Å²) in [6.45, 7) is 1.04. The van der Waals surface area contributed by atoms with Gasteiger partial charge < -0.3 is 5.73 Å². The van der Waals surface area contributed by atoms with Gasteiger partial charge in [-0.05, 0) is 17.9 Å². The minimum atomic E-state index is -2.86. The molecular formula is C7H9F2NS. The van der Waals surface area contributed by atoms with Gasteiger partial charge >= 0.3 is 0 Å². The van der Waals surface area contributed by atoms with Crippen molar-refractivity contribution < 1.29 is 8.78 Å². The van der Waals surface area contributed by atoms with E-state index in [4.69, 9.17) is 5.73 Å². The van der Waals surface area contributed by atoms with Crippen molar-refractivity contribution in [2.24, 2.45) is 5.73 Å². The average Bonchev–Trinajstić information content (AvgIpc) is 2.36. The molecule has 0 saturated carbocycles. The third-order valence-corrected chi connectivity index (χ3v) is 2.37. The molecule has 0 radical (unpaired) electrons. The van der Waals surface area contributed by atoms with E-state index in [-0.39, 0.29) is 5.56 Å². The number of alkyl halides is 2. The summed E-state index contributed by atoms with van der Waals surface area (Å²) >= 11 is 1.27. The molecule has 1 aromatic rings. The monoisotopic (exact) mass is 177 g/mol. The lowest BCUT2D eigenvalue weighted by molar-refractivity contribution is 0.00580. The van der Waals surface area contributed by atoms with E-state index in [0.29, 0.717) is 5.56 Å². The van der Waals surface area contributed by atoms with Gasteiger partial charge in [0.1, 0.15) is 0 Å². The molecule has 4 heteroatoms. The molecule has 1 rings (SSSR count). The highest BCUT2D eigenvalue weighted by molar-refractivity contribution is 7.08. The van der Waals surface area contributed by atoms with Crippen LogP contribution >= 0.6 is 11.3 Å². The predicted molar refractivity (Wildman–Crippen MR) is 42.0 cm³/mol. The molecule has 0 atom stereocenters. The van der Waals surface area contributed by atoms with Crippen LogP contribution in [0.2, 0.25) is 0 Å². The molecule has 0 bridgehead atoms. The van der Waals surface area contributed by atoms with Gasteiger partial charge in [0.2, 0.25) is 0 Å². The number of halogens is 2. The van der Waals surface area contributed by atoms with E-state index in [9.17, 15) is 8.78 Å². The maximum absolute atomic E-state index is 12.9. The van der Waals surface area contributed by atoms with Crippen molar-refractivity contribution >= 4 is 11.3 Å². The van der Waals surface area contributed by atoms with Gasteiger partial charge in [0.05, 0.1) is 6.54 Å². The van der Waals surface area contributed by atoms with Gasteiger partial charge in [-0.3, -0.25) is 0 Å². The van der Waals surface area contributed by atoms with Crippen LogP contribution in [0.3, 0.4) is 0 Å². The lowest BCUT2D eigenvalue weighted by Crippen LogP contribution is -2.25. The van der Waals surface area contributed by atoms with Crippen molar-refractivity contribution in [1.82, 2.24) is 0 Å². The highest BCUT2D eigenvalue weighted by atomic mass is 32.1. The molecule has 1 aromatic heterocycles. The number of hydrogen-bond acceptors (Lipinski definition) is 2. The highest BCUT2D eigenvalue weighted by Crippen LogP contribution is 2.31. The van der Waals surface area contributed by atoms with E-state index in [0.717, 1.165) is 0 Å². The van der Waals surface area contributed by atoms with Crippen LogP contribution in [0.25, 0.3) is 0 Å². The first-order chi connectivity index (χ1) is 5.08. The Labute approximate surface area is 67.8 Å². The number of rotatable bonds is 2. The van der Waals surface area contributed by atoms with Gasteiger partial charge in [-0.2, -0.15) is 20.1 Å². The molecule has 0 aliphatic carbocycles. The fourth-order valence-corrected chi connectivity index (χ4v) is 1.74. The molecule has 0 spiro atoms. The van der Waals surface area contributed by atoms with Crippen LogP contribution in [0.4, 0.5) is 8.78 Å². The van der Waals surface area contributed by atoms with E-state index in [1.54, 1.807) is 12.3 Å². The molecule has 62 valence electrons. The molecule has 2 N–H and O–H groups in total. The third kappa shape index (κ3) is 1.57. The molecule has 0 aliphatic rings. The second-order valence-electron chi connectivity index (χ2n) is 2.38. The zero-order valence-corrected chi connectivity index (χ0v) is 6.92. The lowest BCUT2D eigenvalue weighted by atomic mass is 10.1. The maximum atomic E-state index is 12.9. The van der Waals surface area contributed by atoms with Crippen molar-refractivity contribution in [3.63, 3.8) is 0 Å². The second kappa shape index (κ2) is 2.87. The molecule has 1 nitrogen and oxygen atoms in total. The Morgan fingerprint density at radius 2 is 2.18 bits per heavy atom. The maximum Gasteiger partial charge on any atom is 0.286 e. The molecule has 11 heavy (non-hydrogen) atoms. The standard InChI is InChI=1S/C7H9F2NS/c1-5-2-11-3-6(5)7(8,9)4-10/h2-3H,4,10H2,1H3. The summed E-state index contributed by atoms with van der Waals surface area (Å²) in [5.74, 6) is -2.86. The minimum Gasteiger partial charge on any atom is -0.325 e. The SMILES string of the molecule is Cc1cscc1C(F)(F)CN. The summed E-state index contributed by atoms with van der Waals surface area (Å²) in [7, 11) is 0. The summed E-state index contributed by atoms with van der Waals surface area (Å²) < 4.78 is 25.7. The summed E-state index contributed by atoms with van der Waals surface area (Å²) in [4.78, 5) is 0. The van der Waals surface area contributed by atoms with Gasteiger partial charge in [-0.15, -0.1) is 0 Å². The van der Waals surface area contributed by atoms with Gasteiger partial charge in [0, 0.05) is 10.9 Å². The van der Waals surface area contributed by atoms with E-state index in [1.807, 2.05) is 0 Å². The van der Waals surface area contributed by atoms with Gasteiger partial charge in [0.25, 0.3) is 5.92 Å². The van der Waals surface area contributed by atoms with Gasteiger partial charge in [-0.25, -0.2) is 0 Å². The second-order valence-corrected chi connectivity index (χ2v) is 3.12. The van der Waals surface area contributed by atoms with E-state index in [1.165, 1.54) is 16.7 Å². The normalized spacial score (nSPS) is 12.0. The Bertz CT molecular complexity index is 244. The fraction of sp³-hybridized carbons (Fsp3) is 0.429. The van der Waals surface area contributed by atoms with Gasteiger partial charge in [-0.1, -0.05) is 0 Å². The van der Waals surface area contributed by atoms with Crippen LogP contribution in [0.15, 0.2) is 10.8 Å². The Morgan fingerprint density at radius 1 is 1.55 bits per heavy atom. The van der Waals surface area contributed by atoms with Crippen molar-refractivity contribution in [2.75, 3.05) is 6.54 Å². The zero-order valence-electron chi connectivity index (χ0n) is 6.10. The Kier molecular flexibility index (Phi) is 2.25. The van der Waals surface area contributed by atoms with Crippen LogP contribution in [-0.2, 0) is 5.92 Å². The molecule has 0 aliphatic heterocycles. The summed E-state index contributed by atoms with van der Waals surface area (Å²) in [6, 6.07) is 0. The lowest BCUT2D eigenvalue weighted by Gasteiger charge is -2.12. The quantitative estimate of drug-likeness (QED) is 0.735. The first-order valence-electron chi connectivity index (χ1n) is 3.19. The largest absolute Gasteiger partial charge is 0.325 e. The summed E-state index contributed by atoms with van der Waals surface area (Å²) in [6.07, 6.45) is 0. The van der Waals surface area contributed by atoms with Gasteiger partial charge in [0.15, 0.2) is 0 Å². The summed E-state index contributed by atoms with van der Waals surface area (Å²) in [5, 5.41) is 3.14. The fourth-order valence-electron chi connectivity index (χ4n) is 0.845. The van der Waals surface area contributed by atoms with Crippen LogP contribution < -0.4 is 5.73 Å². The topological polar surface area (TPSA) is 26.0 Å². The molecule has 0 unspecified atom stereocenters. The predicted octanol–water partition coefficient (Wildman–Crippen LogP) is 2.11. The van der Waals surface area contributed by atoms with E-state index >= 15 is 0 Å². The Hall–Kier alpha value is -0.480. The first-order valence-corrected chi connectivity index (χ1v) is 4.13. The van der Waals surface area contributed by atoms with E-state index < -0.39 is 12.5 Å². The summed E-state index contributed by atoms with van der Waals surface area (Å²) in [5.41, 5.74) is 5.60. The number of nitrogens with two attached hydrogens (primary N) is 1. The number of thiophene rings is 1. The molecule has 1 heterocycles. The van der Waals surface area contributed by atoms with Crippen molar-refractivity contribution in [1.29, 1.82) is 0 Å². The van der Waals surface area contributed by atoms with Crippen LogP contribution in [0, 0.1) is 6.92 Å².